The zero-order chi connectivity index (χ0) is 13.0. The molecule has 1 atom stereocenters. The van der Waals surface area contributed by atoms with E-state index < -0.39 is 6.03 Å². The predicted molar refractivity (Wildman–Crippen MR) is 72.5 cm³/mol. The number of hydrogen-bond donors (Lipinski definition) is 4. The van der Waals surface area contributed by atoms with Crippen LogP contribution in [0.3, 0.4) is 0 Å². The van der Waals surface area contributed by atoms with Gasteiger partial charge in [-0.2, -0.15) is 0 Å². The van der Waals surface area contributed by atoms with Crippen molar-refractivity contribution in [3.8, 4) is 0 Å². The Morgan fingerprint density at radius 3 is 2.67 bits per heavy atom. The van der Waals surface area contributed by atoms with Gasteiger partial charge in [0, 0.05) is 23.0 Å². The number of hydrogen-bond acceptors (Lipinski definition) is 4. The SMILES string of the molecule is NC(=O)Nc1cccc(NC(=O)C2CSCN2)c1. The zero-order valence-corrected chi connectivity index (χ0v) is 10.4. The van der Waals surface area contributed by atoms with Gasteiger partial charge in [0.1, 0.15) is 0 Å². The molecule has 0 saturated carbocycles. The first-order chi connectivity index (χ1) is 8.65. The number of urea groups is 1. The van der Waals surface area contributed by atoms with Crippen LogP contribution < -0.4 is 21.7 Å². The van der Waals surface area contributed by atoms with Gasteiger partial charge in [0.25, 0.3) is 0 Å². The molecule has 0 aromatic heterocycles. The Hall–Kier alpha value is -1.73. The first-order valence-corrected chi connectivity index (χ1v) is 6.59. The minimum atomic E-state index is -0.632. The summed E-state index contributed by atoms with van der Waals surface area (Å²) < 4.78 is 0. The van der Waals surface area contributed by atoms with Crippen LogP contribution in [-0.2, 0) is 4.79 Å². The van der Waals surface area contributed by atoms with Gasteiger partial charge in [-0.25, -0.2) is 4.79 Å². The summed E-state index contributed by atoms with van der Waals surface area (Å²) >= 11 is 1.69. The number of thioether (sulfide) groups is 1. The number of carbonyl (C=O) groups is 2. The van der Waals surface area contributed by atoms with Crippen molar-refractivity contribution >= 4 is 35.1 Å². The molecule has 5 N–H and O–H groups in total. The minimum Gasteiger partial charge on any atom is -0.351 e. The molecule has 0 aliphatic carbocycles. The van der Waals surface area contributed by atoms with E-state index in [1.807, 2.05) is 0 Å². The lowest BCUT2D eigenvalue weighted by Crippen LogP contribution is -2.37. The Kier molecular flexibility index (Phi) is 4.06. The third kappa shape index (κ3) is 3.38. The molecule has 1 heterocycles. The maximum Gasteiger partial charge on any atom is 0.316 e. The van der Waals surface area contributed by atoms with E-state index in [9.17, 15) is 9.59 Å². The van der Waals surface area contributed by atoms with Gasteiger partial charge in [0.2, 0.25) is 5.91 Å². The molecule has 0 radical (unpaired) electrons. The lowest BCUT2D eigenvalue weighted by Gasteiger charge is -2.11. The van der Waals surface area contributed by atoms with E-state index in [2.05, 4.69) is 16.0 Å². The lowest BCUT2D eigenvalue weighted by molar-refractivity contribution is -0.117. The first-order valence-electron chi connectivity index (χ1n) is 5.43. The number of nitrogens with one attached hydrogen (secondary N) is 3. The van der Waals surface area contributed by atoms with E-state index in [-0.39, 0.29) is 11.9 Å². The van der Waals surface area contributed by atoms with Gasteiger partial charge in [-0.3, -0.25) is 10.1 Å². The molecule has 1 saturated heterocycles. The van der Waals surface area contributed by atoms with Crippen LogP contribution >= 0.6 is 11.8 Å². The highest BCUT2D eigenvalue weighted by Crippen LogP contribution is 2.16. The van der Waals surface area contributed by atoms with Crippen molar-refractivity contribution < 1.29 is 9.59 Å². The number of carbonyl (C=O) groups excluding carboxylic acids is 2. The third-order valence-electron chi connectivity index (χ3n) is 2.43. The minimum absolute atomic E-state index is 0.0729. The number of anilines is 2. The van der Waals surface area contributed by atoms with Gasteiger partial charge < -0.3 is 16.4 Å². The Bertz CT molecular complexity index is 460. The quantitative estimate of drug-likeness (QED) is 0.650. The molecule has 7 heteroatoms. The first kappa shape index (κ1) is 12.7. The second kappa shape index (κ2) is 5.74. The number of amides is 3. The van der Waals surface area contributed by atoms with Crippen LogP contribution in [0.5, 0.6) is 0 Å². The van der Waals surface area contributed by atoms with Gasteiger partial charge >= 0.3 is 6.03 Å². The van der Waals surface area contributed by atoms with Gasteiger partial charge in [-0.05, 0) is 18.2 Å². The molecular formula is C11H14N4O2S. The highest BCUT2D eigenvalue weighted by Gasteiger charge is 2.22. The summed E-state index contributed by atoms with van der Waals surface area (Å²) in [6.07, 6.45) is 0. The lowest BCUT2D eigenvalue weighted by atomic mass is 10.2. The fraction of sp³-hybridized carbons (Fsp3) is 0.273. The standard InChI is InChI=1S/C11H14N4O2S/c12-11(17)15-8-3-1-2-7(4-8)14-10(16)9-5-18-6-13-9/h1-4,9,13H,5-6H2,(H,14,16)(H3,12,15,17). The van der Waals surface area contributed by atoms with Crippen LogP contribution in [0.4, 0.5) is 16.2 Å². The molecular weight excluding hydrogens is 252 g/mol. The molecule has 1 aromatic rings. The predicted octanol–water partition coefficient (Wildman–Crippen LogP) is 0.778. The van der Waals surface area contributed by atoms with Gasteiger partial charge in [0.15, 0.2) is 0 Å². The molecule has 1 unspecified atom stereocenters. The van der Waals surface area contributed by atoms with E-state index in [0.29, 0.717) is 11.4 Å². The molecule has 0 bridgehead atoms. The van der Waals surface area contributed by atoms with Gasteiger partial charge in [-0.15, -0.1) is 11.8 Å². The van der Waals surface area contributed by atoms with Crippen LogP contribution in [-0.4, -0.2) is 29.6 Å². The van der Waals surface area contributed by atoms with Gasteiger partial charge in [0.05, 0.1) is 6.04 Å². The van der Waals surface area contributed by atoms with Crippen LogP contribution in [0.1, 0.15) is 0 Å². The molecule has 6 nitrogen and oxygen atoms in total. The van der Waals surface area contributed by atoms with E-state index in [4.69, 9.17) is 5.73 Å². The summed E-state index contributed by atoms with van der Waals surface area (Å²) in [6.45, 7) is 0. The largest absolute Gasteiger partial charge is 0.351 e. The second-order valence-electron chi connectivity index (χ2n) is 3.83. The maximum absolute atomic E-state index is 11.8. The number of nitrogens with two attached hydrogens (primary N) is 1. The summed E-state index contributed by atoms with van der Waals surface area (Å²) in [5.74, 6) is 1.49. The van der Waals surface area contributed by atoms with Crippen molar-refractivity contribution in [2.75, 3.05) is 22.3 Å². The summed E-state index contributed by atoms with van der Waals surface area (Å²) in [4.78, 5) is 22.6. The van der Waals surface area contributed by atoms with E-state index in [1.165, 1.54) is 0 Å². The van der Waals surface area contributed by atoms with E-state index >= 15 is 0 Å². The topological polar surface area (TPSA) is 96.2 Å². The average molecular weight is 266 g/mol. The summed E-state index contributed by atoms with van der Waals surface area (Å²) in [5.41, 5.74) is 6.20. The van der Waals surface area contributed by atoms with Crippen LogP contribution in [0.25, 0.3) is 0 Å². The molecule has 1 aliphatic rings. The monoisotopic (exact) mass is 266 g/mol. The third-order valence-corrected chi connectivity index (χ3v) is 3.37. The van der Waals surface area contributed by atoms with Crippen molar-refractivity contribution in [3.63, 3.8) is 0 Å². The van der Waals surface area contributed by atoms with Crippen LogP contribution in [0, 0.1) is 0 Å². The van der Waals surface area contributed by atoms with Crippen molar-refractivity contribution in [3.05, 3.63) is 24.3 Å². The summed E-state index contributed by atoms with van der Waals surface area (Å²) in [6, 6.07) is 6.05. The number of benzene rings is 1. The summed E-state index contributed by atoms with van der Waals surface area (Å²) in [7, 11) is 0. The Labute approximate surface area is 109 Å². The molecule has 1 fully saturated rings. The number of primary amides is 1. The highest BCUT2D eigenvalue weighted by molar-refractivity contribution is 7.99. The van der Waals surface area contributed by atoms with Crippen molar-refractivity contribution in [1.82, 2.24) is 5.32 Å². The molecule has 3 amide bonds. The fourth-order valence-corrected chi connectivity index (χ4v) is 2.55. The van der Waals surface area contributed by atoms with Crippen LogP contribution in [0.2, 0.25) is 0 Å². The highest BCUT2D eigenvalue weighted by atomic mass is 32.2. The molecule has 1 aromatic carbocycles. The average Bonchev–Trinajstić information content (AvgIpc) is 2.81. The Morgan fingerprint density at radius 1 is 1.33 bits per heavy atom. The summed E-state index contributed by atoms with van der Waals surface area (Å²) in [5, 5.41) is 8.33. The van der Waals surface area contributed by atoms with Crippen molar-refractivity contribution in [2.45, 2.75) is 6.04 Å². The van der Waals surface area contributed by atoms with Crippen molar-refractivity contribution in [2.24, 2.45) is 5.73 Å². The van der Waals surface area contributed by atoms with Gasteiger partial charge in [-0.1, -0.05) is 6.07 Å². The molecule has 18 heavy (non-hydrogen) atoms. The van der Waals surface area contributed by atoms with Crippen LogP contribution in [0.15, 0.2) is 24.3 Å². The molecule has 0 spiro atoms. The smallest absolute Gasteiger partial charge is 0.316 e. The Balaban J connectivity index is 2.00. The fourth-order valence-electron chi connectivity index (χ4n) is 1.61. The molecule has 2 rings (SSSR count). The molecule has 96 valence electrons. The van der Waals surface area contributed by atoms with E-state index in [0.717, 1.165) is 11.6 Å². The zero-order valence-electron chi connectivity index (χ0n) is 9.60. The van der Waals surface area contributed by atoms with Crippen molar-refractivity contribution in [1.29, 1.82) is 0 Å². The van der Waals surface area contributed by atoms with E-state index in [1.54, 1.807) is 36.0 Å². The second-order valence-corrected chi connectivity index (χ2v) is 4.86. The normalized spacial score (nSPS) is 18.3. The number of rotatable bonds is 3. The maximum atomic E-state index is 11.8. The Morgan fingerprint density at radius 2 is 2.06 bits per heavy atom. The molecule has 1 aliphatic heterocycles.